The van der Waals surface area contributed by atoms with Crippen molar-refractivity contribution in [3.63, 3.8) is 0 Å². The maximum absolute atomic E-state index is 12.4. The molecule has 1 aliphatic rings. The summed E-state index contributed by atoms with van der Waals surface area (Å²) < 4.78 is 11.6. The molecule has 0 bridgehead atoms. The number of esters is 1. The molecule has 6 heteroatoms. The van der Waals surface area contributed by atoms with E-state index in [1.54, 1.807) is 6.92 Å². The molecule has 0 heterocycles. The Balaban J connectivity index is 3.36. The van der Waals surface area contributed by atoms with Gasteiger partial charge in [0.1, 0.15) is 0 Å². The van der Waals surface area contributed by atoms with Gasteiger partial charge in [0.25, 0.3) is 0 Å². The van der Waals surface area contributed by atoms with Gasteiger partial charge in [-0.3, -0.25) is 9.69 Å². The van der Waals surface area contributed by atoms with Crippen LogP contribution in [-0.2, 0) is 19.1 Å². The Morgan fingerprint density at radius 2 is 1.86 bits per heavy atom. The van der Waals surface area contributed by atoms with Gasteiger partial charge in [-0.15, -0.1) is 13.2 Å². The number of carbonyl (C=O) groups is 2. The molecule has 1 rings (SSSR count). The quantitative estimate of drug-likeness (QED) is 0.408. The first-order chi connectivity index (χ1) is 13.4. The van der Waals surface area contributed by atoms with Crippen LogP contribution in [0.2, 0.25) is 0 Å². The lowest BCUT2D eigenvalue weighted by molar-refractivity contribution is -0.139. The molecule has 0 unspecified atom stereocenters. The van der Waals surface area contributed by atoms with E-state index in [1.165, 1.54) is 6.92 Å². The first-order valence-corrected chi connectivity index (χ1v) is 10.2. The molecular weight excluding hydrogens is 356 g/mol. The van der Waals surface area contributed by atoms with Crippen LogP contribution in [0.1, 0.15) is 47.0 Å². The zero-order valence-corrected chi connectivity index (χ0v) is 17.8. The van der Waals surface area contributed by atoms with E-state index in [4.69, 9.17) is 9.47 Å². The van der Waals surface area contributed by atoms with Crippen molar-refractivity contribution in [1.82, 2.24) is 10.2 Å². The van der Waals surface area contributed by atoms with Crippen molar-refractivity contribution in [3.05, 3.63) is 37.0 Å². The van der Waals surface area contributed by atoms with Gasteiger partial charge >= 0.3 is 5.97 Å². The van der Waals surface area contributed by atoms with Crippen LogP contribution in [0.5, 0.6) is 0 Å². The number of rotatable bonds is 12. The summed E-state index contributed by atoms with van der Waals surface area (Å²) in [5, 5.41) is 3.02. The standard InChI is InChI=1S/C22H36N2O4/c1-7-12-24(13-8-2)21-19(23-16(6)25)14-17(22(26)27-11-5)15-20(21)28-18(9-3)10-4/h7-8,15,18-21H,1-2,9-14H2,3-6H3,(H,23,25)/t19-,20-,21+/m1/s1. The van der Waals surface area contributed by atoms with Gasteiger partial charge in [-0.25, -0.2) is 4.79 Å². The summed E-state index contributed by atoms with van der Waals surface area (Å²) in [4.78, 5) is 26.5. The van der Waals surface area contributed by atoms with E-state index in [9.17, 15) is 9.59 Å². The van der Waals surface area contributed by atoms with Gasteiger partial charge in [0.2, 0.25) is 5.91 Å². The highest BCUT2D eigenvalue weighted by molar-refractivity contribution is 5.89. The highest BCUT2D eigenvalue weighted by Crippen LogP contribution is 2.28. The van der Waals surface area contributed by atoms with E-state index >= 15 is 0 Å². The Kier molecular flexibility index (Phi) is 10.8. The molecule has 0 saturated heterocycles. The molecule has 28 heavy (non-hydrogen) atoms. The second-order valence-corrected chi connectivity index (χ2v) is 6.98. The fourth-order valence-electron chi connectivity index (χ4n) is 3.66. The Bertz CT molecular complexity index is 559. The SMILES string of the molecule is C=CCN(CC=C)[C@H]1[C@H](NC(C)=O)CC(C(=O)OCC)=C[C@H]1OC(CC)CC. The maximum Gasteiger partial charge on any atom is 0.333 e. The monoisotopic (exact) mass is 392 g/mol. The van der Waals surface area contributed by atoms with Crippen molar-refractivity contribution < 1.29 is 19.1 Å². The molecule has 0 fully saturated rings. The molecule has 0 aromatic heterocycles. The van der Waals surface area contributed by atoms with Crippen molar-refractivity contribution in [2.75, 3.05) is 19.7 Å². The van der Waals surface area contributed by atoms with Crippen LogP contribution in [0.15, 0.2) is 37.0 Å². The highest BCUT2D eigenvalue weighted by Gasteiger charge is 2.40. The van der Waals surface area contributed by atoms with Gasteiger partial charge in [-0.1, -0.05) is 26.0 Å². The molecule has 1 N–H and O–H groups in total. The number of nitrogens with one attached hydrogen (secondary N) is 1. The van der Waals surface area contributed by atoms with E-state index in [0.717, 1.165) is 12.8 Å². The van der Waals surface area contributed by atoms with Gasteiger partial charge in [0.15, 0.2) is 0 Å². The largest absolute Gasteiger partial charge is 0.463 e. The van der Waals surface area contributed by atoms with Gasteiger partial charge in [-0.05, 0) is 25.8 Å². The lowest BCUT2D eigenvalue weighted by atomic mass is 9.86. The molecule has 0 radical (unpaired) electrons. The predicted octanol–water partition coefficient (Wildman–Crippen LogP) is 3.00. The number of amides is 1. The van der Waals surface area contributed by atoms with Crippen molar-refractivity contribution >= 4 is 11.9 Å². The van der Waals surface area contributed by atoms with Gasteiger partial charge in [0.05, 0.1) is 30.9 Å². The average molecular weight is 393 g/mol. The van der Waals surface area contributed by atoms with E-state index in [1.807, 2.05) is 18.2 Å². The molecule has 0 spiro atoms. The number of hydrogen-bond acceptors (Lipinski definition) is 5. The van der Waals surface area contributed by atoms with Gasteiger partial charge in [-0.2, -0.15) is 0 Å². The molecular formula is C22H36N2O4. The van der Waals surface area contributed by atoms with Gasteiger partial charge in [0, 0.05) is 32.0 Å². The lowest BCUT2D eigenvalue weighted by Gasteiger charge is -2.43. The van der Waals surface area contributed by atoms with Crippen LogP contribution >= 0.6 is 0 Å². The topological polar surface area (TPSA) is 67.9 Å². The zero-order chi connectivity index (χ0) is 21.1. The molecule has 1 aliphatic carbocycles. The molecule has 3 atom stereocenters. The molecule has 0 saturated carbocycles. The van der Waals surface area contributed by atoms with Crippen LogP contribution in [0.25, 0.3) is 0 Å². The number of ether oxygens (including phenoxy) is 2. The number of nitrogens with zero attached hydrogens (tertiary/aromatic N) is 1. The van der Waals surface area contributed by atoms with E-state index < -0.39 is 0 Å². The second-order valence-electron chi connectivity index (χ2n) is 6.98. The van der Waals surface area contributed by atoms with Crippen LogP contribution in [0, 0.1) is 0 Å². The molecule has 158 valence electrons. The van der Waals surface area contributed by atoms with Crippen LogP contribution in [0.4, 0.5) is 0 Å². The third-order valence-electron chi connectivity index (χ3n) is 4.89. The first-order valence-electron chi connectivity index (χ1n) is 10.2. The molecule has 0 aromatic carbocycles. The smallest absolute Gasteiger partial charge is 0.333 e. The third-order valence-corrected chi connectivity index (χ3v) is 4.89. The lowest BCUT2D eigenvalue weighted by Crippen LogP contribution is -2.59. The van der Waals surface area contributed by atoms with Crippen LogP contribution in [-0.4, -0.2) is 60.8 Å². The Labute approximate surface area is 169 Å². The minimum absolute atomic E-state index is 0.0672. The molecule has 0 aliphatic heterocycles. The number of carbonyl (C=O) groups excluding carboxylic acids is 2. The summed E-state index contributed by atoms with van der Waals surface area (Å²) in [6.45, 7) is 16.7. The summed E-state index contributed by atoms with van der Waals surface area (Å²) in [6.07, 6.45) is 7.38. The molecule has 1 amide bonds. The third kappa shape index (κ3) is 6.91. The van der Waals surface area contributed by atoms with E-state index in [2.05, 4.69) is 37.2 Å². The summed E-state index contributed by atoms with van der Waals surface area (Å²) in [5.41, 5.74) is 0.546. The molecule has 6 nitrogen and oxygen atoms in total. The van der Waals surface area contributed by atoms with Crippen molar-refractivity contribution in [2.45, 2.75) is 71.2 Å². The minimum Gasteiger partial charge on any atom is -0.463 e. The van der Waals surface area contributed by atoms with Crippen molar-refractivity contribution in [2.24, 2.45) is 0 Å². The Morgan fingerprint density at radius 1 is 1.25 bits per heavy atom. The average Bonchev–Trinajstić information content (AvgIpc) is 2.65. The highest BCUT2D eigenvalue weighted by atomic mass is 16.5. The van der Waals surface area contributed by atoms with Crippen molar-refractivity contribution in [3.8, 4) is 0 Å². The van der Waals surface area contributed by atoms with E-state index in [0.29, 0.717) is 31.7 Å². The molecule has 0 aromatic rings. The summed E-state index contributed by atoms with van der Waals surface area (Å²) >= 11 is 0. The predicted molar refractivity (Wildman–Crippen MR) is 112 cm³/mol. The Hall–Kier alpha value is -1.92. The number of hydrogen-bond donors (Lipinski definition) is 1. The first kappa shape index (κ1) is 24.1. The van der Waals surface area contributed by atoms with Crippen molar-refractivity contribution in [1.29, 1.82) is 0 Å². The van der Waals surface area contributed by atoms with E-state index in [-0.39, 0.29) is 36.2 Å². The van der Waals surface area contributed by atoms with Gasteiger partial charge < -0.3 is 14.8 Å². The summed E-state index contributed by atoms with van der Waals surface area (Å²) in [7, 11) is 0. The summed E-state index contributed by atoms with van der Waals surface area (Å²) in [5.74, 6) is -0.494. The van der Waals surface area contributed by atoms with Crippen LogP contribution < -0.4 is 5.32 Å². The fraction of sp³-hybridized carbons (Fsp3) is 0.636. The normalized spacial score (nSPS) is 21.9. The minimum atomic E-state index is -0.353. The Morgan fingerprint density at radius 3 is 2.32 bits per heavy atom. The zero-order valence-electron chi connectivity index (χ0n) is 17.8. The summed E-state index contributed by atoms with van der Waals surface area (Å²) in [6, 6.07) is -0.417. The second kappa shape index (κ2) is 12.5. The van der Waals surface area contributed by atoms with Crippen LogP contribution in [0.3, 0.4) is 0 Å². The maximum atomic E-state index is 12.4. The fourth-order valence-corrected chi connectivity index (χ4v) is 3.66.